The average Bonchev–Trinajstić information content (AvgIpc) is 2.80. The first-order valence-electron chi connectivity index (χ1n) is 6.71. The number of rotatable bonds is 3. The number of fused-ring (bicyclic) bond motifs is 1. The van der Waals surface area contributed by atoms with Crippen LogP contribution in [0.5, 0.6) is 0 Å². The van der Waals surface area contributed by atoms with Gasteiger partial charge in [0.1, 0.15) is 29.4 Å². The Balaban J connectivity index is 1.97. The third-order valence-corrected chi connectivity index (χ3v) is 3.61. The van der Waals surface area contributed by atoms with Gasteiger partial charge in [-0.1, -0.05) is 18.2 Å². The van der Waals surface area contributed by atoms with Gasteiger partial charge in [-0.25, -0.2) is 8.78 Å². The SMILES string of the molecule is CN1C=C(F)C=C2C(C(=N)N)=NN(Cc3ccccc3F)C21. The van der Waals surface area contributed by atoms with E-state index >= 15 is 0 Å². The molecule has 1 aromatic rings. The summed E-state index contributed by atoms with van der Waals surface area (Å²) in [7, 11) is 1.70. The van der Waals surface area contributed by atoms with Crippen molar-refractivity contribution >= 4 is 11.5 Å². The van der Waals surface area contributed by atoms with Crippen molar-refractivity contribution in [2.75, 3.05) is 7.05 Å². The minimum atomic E-state index is -0.435. The molecular weight excluding hydrogens is 288 g/mol. The largest absolute Gasteiger partial charge is 0.382 e. The van der Waals surface area contributed by atoms with E-state index in [-0.39, 0.29) is 23.9 Å². The van der Waals surface area contributed by atoms with E-state index in [2.05, 4.69) is 5.10 Å². The van der Waals surface area contributed by atoms with Crippen molar-refractivity contribution in [2.24, 2.45) is 10.8 Å². The van der Waals surface area contributed by atoms with Gasteiger partial charge in [0.15, 0.2) is 0 Å². The summed E-state index contributed by atoms with van der Waals surface area (Å²) in [5.74, 6) is -1.01. The van der Waals surface area contributed by atoms with Gasteiger partial charge in [0.05, 0.1) is 6.54 Å². The van der Waals surface area contributed by atoms with Crippen molar-refractivity contribution < 1.29 is 8.78 Å². The van der Waals surface area contributed by atoms with Crippen LogP contribution in [0, 0.1) is 11.2 Å². The zero-order chi connectivity index (χ0) is 15.9. The second-order valence-electron chi connectivity index (χ2n) is 5.20. The fraction of sp³-hybridized carbons (Fsp3) is 0.200. The van der Waals surface area contributed by atoms with Gasteiger partial charge in [-0.3, -0.25) is 10.4 Å². The molecule has 2 heterocycles. The molecule has 5 nitrogen and oxygen atoms in total. The number of nitrogens with two attached hydrogens (primary N) is 1. The third-order valence-electron chi connectivity index (χ3n) is 3.61. The zero-order valence-electron chi connectivity index (χ0n) is 11.9. The molecule has 1 aromatic carbocycles. The average molecular weight is 303 g/mol. The number of hydrogen-bond donors (Lipinski definition) is 2. The molecule has 0 fully saturated rings. The summed E-state index contributed by atoms with van der Waals surface area (Å²) in [6.45, 7) is 0.200. The lowest BCUT2D eigenvalue weighted by Gasteiger charge is -2.33. The van der Waals surface area contributed by atoms with E-state index < -0.39 is 12.0 Å². The third kappa shape index (κ3) is 2.34. The molecule has 2 aliphatic heterocycles. The normalized spacial score (nSPS) is 20.3. The van der Waals surface area contributed by atoms with Crippen LogP contribution in [0.25, 0.3) is 0 Å². The molecule has 0 aromatic heterocycles. The van der Waals surface area contributed by atoms with Crippen LogP contribution in [0.15, 0.2) is 53.0 Å². The van der Waals surface area contributed by atoms with Crippen molar-refractivity contribution in [3.8, 4) is 0 Å². The van der Waals surface area contributed by atoms with E-state index in [1.54, 1.807) is 35.2 Å². The molecule has 22 heavy (non-hydrogen) atoms. The maximum atomic E-state index is 13.8. The Morgan fingerprint density at radius 3 is 2.77 bits per heavy atom. The predicted octanol–water partition coefficient (Wildman–Crippen LogP) is 1.94. The van der Waals surface area contributed by atoms with Gasteiger partial charge in [-0.2, -0.15) is 5.10 Å². The monoisotopic (exact) mass is 303 g/mol. The minimum absolute atomic E-state index is 0.200. The summed E-state index contributed by atoms with van der Waals surface area (Å²) in [6, 6.07) is 6.40. The Morgan fingerprint density at radius 1 is 1.36 bits per heavy atom. The van der Waals surface area contributed by atoms with E-state index in [0.29, 0.717) is 11.1 Å². The Morgan fingerprint density at radius 2 is 2.09 bits per heavy atom. The highest BCUT2D eigenvalue weighted by Crippen LogP contribution is 2.31. The standard InChI is InChI=1S/C15H15F2N5/c1-21-8-10(16)6-11-13(14(18)19)20-22(15(11)21)7-9-4-2-3-5-12(9)17/h2-6,8,15H,7H2,1H3,(H3,18,19). The van der Waals surface area contributed by atoms with Gasteiger partial charge in [-0.15, -0.1) is 0 Å². The van der Waals surface area contributed by atoms with Crippen LogP contribution in [0.4, 0.5) is 8.78 Å². The van der Waals surface area contributed by atoms with Gasteiger partial charge >= 0.3 is 0 Å². The molecule has 0 spiro atoms. The van der Waals surface area contributed by atoms with Crippen LogP contribution < -0.4 is 5.73 Å². The number of allylic oxidation sites excluding steroid dienone is 2. The number of amidine groups is 1. The van der Waals surface area contributed by atoms with Crippen molar-refractivity contribution in [3.05, 3.63) is 59.3 Å². The van der Waals surface area contributed by atoms with Gasteiger partial charge in [0.25, 0.3) is 0 Å². The Hall–Kier alpha value is -2.70. The van der Waals surface area contributed by atoms with Crippen LogP contribution in [0.2, 0.25) is 0 Å². The summed E-state index contributed by atoms with van der Waals surface area (Å²) in [5.41, 5.74) is 6.73. The maximum absolute atomic E-state index is 13.8. The number of hydrazone groups is 1. The number of nitrogens with one attached hydrogen (secondary N) is 1. The highest BCUT2D eigenvalue weighted by Gasteiger charge is 2.37. The van der Waals surface area contributed by atoms with Gasteiger partial charge < -0.3 is 10.6 Å². The number of halogens is 2. The van der Waals surface area contributed by atoms with Crippen LogP contribution in [0.1, 0.15) is 5.56 Å². The molecular formula is C15H15F2N5. The number of hydrogen-bond acceptors (Lipinski definition) is 4. The summed E-state index contributed by atoms with van der Waals surface area (Å²) >= 11 is 0. The summed E-state index contributed by atoms with van der Waals surface area (Å²) in [6.07, 6.45) is 2.24. The molecule has 0 amide bonds. The lowest BCUT2D eigenvalue weighted by Crippen LogP contribution is -2.42. The first kappa shape index (κ1) is 14.2. The molecule has 1 atom stereocenters. The van der Waals surface area contributed by atoms with E-state index in [0.717, 1.165) is 0 Å². The topological polar surface area (TPSA) is 68.7 Å². The maximum Gasteiger partial charge on any atom is 0.146 e. The Labute approximate surface area is 126 Å². The van der Waals surface area contributed by atoms with Crippen LogP contribution in [-0.4, -0.2) is 34.7 Å². The van der Waals surface area contributed by atoms with Gasteiger partial charge in [0.2, 0.25) is 0 Å². The fourth-order valence-corrected chi connectivity index (χ4v) is 2.68. The molecule has 0 saturated heterocycles. The van der Waals surface area contributed by atoms with Crippen molar-refractivity contribution in [2.45, 2.75) is 12.7 Å². The van der Waals surface area contributed by atoms with Gasteiger partial charge in [-0.05, 0) is 12.1 Å². The molecule has 0 radical (unpaired) electrons. The highest BCUT2D eigenvalue weighted by molar-refractivity contribution is 6.46. The molecule has 2 aliphatic rings. The van der Waals surface area contributed by atoms with Gasteiger partial charge in [0, 0.05) is 24.4 Å². The number of likely N-dealkylation sites (N-methyl/N-ethyl adjacent to an activating group) is 1. The van der Waals surface area contributed by atoms with Crippen LogP contribution >= 0.6 is 0 Å². The van der Waals surface area contributed by atoms with E-state index in [4.69, 9.17) is 11.1 Å². The lowest BCUT2D eigenvalue weighted by molar-refractivity contribution is 0.129. The van der Waals surface area contributed by atoms with Crippen molar-refractivity contribution in [1.29, 1.82) is 5.41 Å². The van der Waals surface area contributed by atoms with E-state index in [9.17, 15) is 8.78 Å². The lowest BCUT2D eigenvalue weighted by atomic mass is 10.0. The number of benzene rings is 1. The molecule has 1 unspecified atom stereocenters. The smallest absolute Gasteiger partial charge is 0.146 e. The molecule has 0 saturated carbocycles. The van der Waals surface area contributed by atoms with E-state index in [1.165, 1.54) is 18.3 Å². The number of nitrogens with zero attached hydrogens (tertiary/aromatic N) is 3. The fourth-order valence-electron chi connectivity index (χ4n) is 2.68. The first-order valence-corrected chi connectivity index (χ1v) is 6.71. The predicted molar refractivity (Wildman–Crippen MR) is 80.1 cm³/mol. The molecule has 3 rings (SSSR count). The minimum Gasteiger partial charge on any atom is -0.382 e. The second-order valence-corrected chi connectivity index (χ2v) is 5.20. The molecule has 0 aliphatic carbocycles. The second kappa shape index (κ2) is 5.25. The first-order chi connectivity index (χ1) is 10.5. The Kier molecular flexibility index (Phi) is 3.40. The van der Waals surface area contributed by atoms with E-state index in [1.807, 2.05) is 0 Å². The van der Waals surface area contributed by atoms with Crippen LogP contribution in [-0.2, 0) is 6.54 Å². The summed E-state index contributed by atoms with van der Waals surface area (Å²) in [5, 5.41) is 13.5. The quantitative estimate of drug-likeness (QED) is 0.662. The van der Waals surface area contributed by atoms with Crippen LogP contribution in [0.3, 0.4) is 0 Å². The molecule has 114 valence electrons. The molecule has 3 N–H and O–H groups in total. The zero-order valence-corrected chi connectivity index (χ0v) is 11.9. The summed E-state index contributed by atoms with van der Waals surface area (Å²) < 4.78 is 27.5. The molecule has 7 heteroatoms. The Bertz CT molecular complexity index is 722. The van der Waals surface area contributed by atoms with Crippen molar-refractivity contribution in [1.82, 2.24) is 9.91 Å². The highest BCUT2D eigenvalue weighted by atomic mass is 19.1. The van der Waals surface area contributed by atoms with Crippen molar-refractivity contribution in [3.63, 3.8) is 0 Å². The summed E-state index contributed by atoms with van der Waals surface area (Å²) in [4.78, 5) is 1.63. The molecule has 0 bridgehead atoms.